The van der Waals surface area contributed by atoms with Gasteiger partial charge in [0.1, 0.15) is 0 Å². The molecular formula is C18H20ClN3. The van der Waals surface area contributed by atoms with Crippen LogP contribution < -0.4 is 10.6 Å². The minimum absolute atomic E-state index is 0.279. The first kappa shape index (κ1) is 14.0. The van der Waals surface area contributed by atoms with E-state index in [2.05, 4.69) is 34.9 Å². The number of anilines is 1. The van der Waals surface area contributed by atoms with Gasteiger partial charge >= 0.3 is 0 Å². The second kappa shape index (κ2) is 5.90. The maximum Gasteiger partial charge on any atom is 0.0875 e. The molecule has 2 aliphatic heterocycles. The third-order valence-electron chi connectivity index (χ3n) is 4.77. The van der Waals surface area contributed by atoms with E-state index in [4.69, 9.17) is 16.6 Å². The van der Waals surface area contributed by atoms with Gasteiger partial charge in [-0.25, -0.2) is 0 Å². The highest BCUT2D eigenvalue weighted by atomic mass is 35.5. The molecule has 3 nitrogen and oxygen atoms in total. The summed E-state index contributed by atoms with van der Waals surface area (Å²) in [7, 11) is 0. The third kappa shape index (κ3) is 2.59. The lowest BCUT2D eigenvalue weighted by atomic mass is 9.80. The minimum Gasteiger partial charge on any atom is -0.376 e. The number of fused-ring (bicyclic) bond motifs is 2. The Morgan fingerprint density at radius 2 is 1.91 bits per heavy atom. The van der Waals surface area contributed by atoms with Gasteiger partial charge in [-0.2, -0.15) is 0 Å². The molecule has 2 N–H and O–H groups in total. The number of benzene rings is 1. The lowest BCUT2D eigenvalue weighted by Crippen LogP contribution is -2.39. The Labute approximate surface area is 136 Å². The number of allylic oxidation sites excluding steroid dienone is 2. The van der Waals surface area contributed by atoms with E-state index in [-0.39, 0.29) is 6.04 Å². The molecule has 0 amide bonds. The third-order valence-corrected chi connectivity index (χ3v) is 5.00. The van der Waals surface area contributed by atoms with Crippen LogP contribution in [0.3, 0.4) is 0 Å². The molecule has 2 unspecified atom stereocenters. The zero-order chi connectivity index (χ0) is 14.9. The van der Waals surface area contributed by atoms with Crippen molar-refractivity contribution in [1.82, 2.24) is 5.32 Å². The summed E-state index contributed by atoms with van der Waals surface area (Å²) in [5.41, 5.74) is 3.35. The molecule has 3 aliphatic rings. The molecule has 2 atom stereocenters. The van der Waals surface area contributed by atoms with Crippen molar-refractivity contribution in [3.05, 3.63) is 47.5 Å². The van der Waals surface area contributed by atoms with Gasteiger partial charge in [-0.1, -0.05) is 35.9 Å². The van der Waals surface area contributed by atoms with E-state index in [1.165, 1.54) is 5.71 Å². The molecule has 0 bridgehead atoms. The number of rotatable bonds is 1. The molecule has 1 aromatic rings. The van der Waals surface area contributed by atoms with E-state index >= 15 is 0 Å². The van der Waals surface area contributed by atoms with Crippen LogP contribution in [0.15, 0.2) is 47.5 Å². The van der Waals surface area contributed by atoms with Gasteiger partial charge in [0.25, 0.3) is 0 Å². The fraction of sp³-hybridized carbons (Fsp3) is 0.389. The smallest absolute Gasteiger partial charge is 0.0875 e. The summed E-state index contributed by atoms with van der Waals surface area (Å²) in [6.07, 6.45) is 11.1. The number of halogens is 1. The molecule has 22 heavy (non-hydrogen) atoms. The molecule has 1 aliphatic carbocycles. The van der Waals surface area contributed by atoms with Crippen LogP contribution in [-0.4, -0.2) is 24.8 Å². The quantitative estimate of drug-likeness (QED) is 0.823. The number of piperidine rings is 1. The van der Waals surface area contributed by atoms with Crippen molar-refractivity contribution < 1.29 is 0 Å². The average molecular weight is 314 g/mol. The van der Waals surface area contributed by atoms with Gasteiger partial charge in [0.05, 0.1) is 17.4 Å². The fourth-order valence-corrected chi connectivity index (χ4v) is 3.79. The van der Waals surface area contributed by atoms with Crippen LogP contribution in [0.4, 0.5) is 11.4 Å². The molecule has 2 heterocycles. The summed E-state index contributed by atoms with van der Waals surface area (Å²) in [4.78, 5) is 5.06. The highest BCUT2D eigenvalue weighted by Crippen LogP contribution is 2.37. The summed E-state index contributed by atoms with van der Waals surface area (Å²) >= 11 is 6.18. The van der Waals surface area contributed by atoms with Gasteiger partial charge in [0.15, 0.2) is 0 Å². The normalized spacial score (nSPS) is 27.4. The topological polar surface area (TPSA) is 36.4 Å². The molecular weight excluding hydrogens is 294 g/mol. The van der Waals surface area contributed by atoms with Crippen molar-refractivity contribution in [1.29, 1.82) is 0 Å². The van der Waals surface area contributed by atoms with Crippen molar-refractivity contribution in [2.45, 2.75) is 18.9 Å². The number of hydrogen-bond donors (Lipinski definition) is 2. The molecule has 1 saturated heterocycles. The summed E-state index contributed by atoms with van der Waals surface area (Å²) in [5, 5.41) is 7.82. The van der Waals surface area contributed by atoms with Crippen molar-refractivity contribution in [3.8, 4) is 0 Å². The summed E-state index contributed by atoms with van der Waals surface area (Å²) < 4.78 is 0. The molecule has 4 heteroatoms. The van der Waals surface area contributed by atoms with Crippen LogP contribution in [0.2, 0.25) is 5.02 Å². The lowest BCUT2D eigenvalue weighted by molar-refractivity contribution is 0.446. The molecule has 0 spiro atoms. The van der Waals surface area contributed by atoms with Crippen molar-refractivity contribution in [2.24, 2.45) is 16.8 Å². The van der Waals surface area contributed by atoms with E-state index in [0.717, 1.165) is 42.3 Å². The second-order valence-corrected chi connectivity index (χ2v) is 6.62. The molecule has 1 aromatic carbocycles. The van der Waals surface area contributed by atoms with Crippen molar-refractivity contribution >= 4 is 28.7 Å². The van der Waals surface area contributed by atoms with Gasteiger partial charge in [-0.3, -0.25) is 4.99 Å². The van der Waals surface area contributed by atoms with Crippen LogP contribution in [0.25, 0.3) is 0 Å². The van der Waals surface area contributed by atoms with E-state index in [0.29, 0.717) is 11.8 Å². The van der Waals surface area contributed by atoms with Crippen LogP contribution in [-0.2, 0) is 0 Å². The molecule has 114 valence electrons. The summed E-state index contributed by atoms with van der Waals surface area (Å²) in [6, 6.07) is 6.21. The highest BCUT2D eigenvalue weighted by Gasteiger charge is 2.32. The van der Waals surface area contributed by atoms with E-state index < -0.39 is 0 Å². The Hall–Kier alpha value is -1.58. The predicted molar refractivity (Wildman–Crippen MR) is 93.3 cm³/mol. The fourth-order valence-electron chi connectivity index (χ4n) is 3.62. The number of hydrogen-bond acceptors (Lipinski definition) is 3. The van der Waals surface area contributed by atoms with Gasteiger partial charge in [-0.05, 0) is 44.1 Å². The zero-order valence-electron chi connectivity index (χ0n) is 12.4. The van der Waals surface area contributed by atoms with Crippen LogP contribution in [0.5, 0.6) is 0 Å². The Morgan fingerprint density at radius 3 is 2.77 bits per heavy atom. The van der Waals surface area contributed by atoms with Gasteiger partial charge in [-0.15, -0.1) is 0 Å². The first-order chi connectivity index (χ1) is 10.8. The molecule has 0 saturated carbocycles. The van der Waals surface area contributed by atoms with Crippen LogP contribution in [0, 0.1) is 11.8 Å². The Balaban J connectivity index is 1.79. The average Bonchev–Trinajstić information content (AvgIpc) is 2.72. The Morgan fingerprint density at radius 1 is 1.09 bits per heavy atom. The van der Waals surface area contributed by atoms with E-state index in [9.17, 15) is 0 Å². The molecule has 4 rings (SSSR count). The first-order valence-electron chi connectivity index (χ1n) is 8.01. The monoisotopic (exact) mass is 313 g/mol. The highest BCUT2D eigenvalue weighted by molar-refractivity contribution is 6.31. The Kier molecular flexibility index (Phi) is 3.77. The predicted octanol–water partition coefficient (Wildman–Crippen LogP) is 3.95. The standard InChI is InChI=1S/C18H20ClN3/c19-13-5-6-16-17(11-13)22-18(12-7-9-20-10-8-12)14-3-1-2-4-15(14)21-16/h1-6,11-12,14-15,20-21H,7-10H2. The number of nitrogens with zero attached hydrogens (tertiary/aromatic N) is 1. The van der Waals surface area contributed by atoms with Gasteiger partial charge < -0.3 is 10.6 Å². The maximum atomic E-state index is 6.18. The summed E-state index contributed by atoms with van der Waals surface area (Å²) in [5.74, 6) is 0.885. The first-order valence-corrected chi connectivity index (χ1v) is 8.39. The zero-order valence-corrected chi connectivity index (χ0v) is 13.2. The SMILES string of the molecule is Clc1ccc2c(c1)N=C(C1CCNCC1)C1C=CC=CC1N2. The minimum atomic E-state index is 0.279. The second-order valence-electron chi connectivity index (χ2n) is 6.19. The van der Waals surface area contributed by atoms with Gasteiger partial charge in [0.2, 0.25) is 0 Å². The number of aliphatic imine (C=N–C) groups is 1. The van der Waals surface area contributed by atoms with Crippen LogP contribution >= 0.6 is 11.6 Å². The largest absolute Gasteiger partial charge is 0.376 e. The molecule has 0 aromatic heterocycles. The summed E-state index contributed by atoms with van der Waals surface area (Å²) in [6.45, 7) is 2.16. The Bertz CT molecular complexity index is 656. The lowest BCUT2D eigenvalue weighted by Gasteiger charge is -2.31. The van der Waals surface area contributed by atoms with Crippen molar-refractivity contribution in [2.75, 3.05) is 18.4 Å². The van der Waals surface area contributed by atoms with Crippen LogP contribution in [0.1, 0.15) is 12.8 Å². The van der Waals surface area contributed by atoms with Gasteiger partial charge in [0, 0.05) is 22.6 Å². The molecule has 0 radical (unpaired) electrons. The molecule has 1 fully saturated rings. The maximum absolute atomic E-state index is 6.18. The number of nitrogens with one attached hydrogen (secondary N) is 2. The van der Waals surface area contributed by atoms with E-state index in [1.54, 1.807) is 0 Å². The van der Waals surface area contributed by atoms with Crippen molar-refractivity contribution in [3.63, 3.8) is 0 Å². The van der Waals surface area contributed by atoms with E-state index in [1.807, 2.05) is 18.2 Å².